The number of carbonyl (C=O) groups excluding carboxylic acids is 4. The summed E-state index contributed by atoms with van der Waals surface area (Å²) in [4.78, 5) is 74.4. The van der Waals surface area contributed by atoms with Gasteiger partial charge in [0.05, 0.1) is 19.4 Å². The highest BCUT2D eigenvalue weighted by Gasteiger charge is 2.55. The fourth-order valence-electron chi connectivity index (χ4n) is 12.7. The molecule has 0 bridgehead atoms. The molecule has 2 aliphatic heterocycles. The summed E-state index contributed by atoms with van der Waals surface area (Å²) in [7, 11) is 1.56. The van der Waals surface area contributed by atoms with Crippen LogP contribution in [0, 0.1) is 0 Å². The van der Waals surface area contributed by atoms with E-state index in [2.05, 4.69) is 52.1 Å². The maximum Gasteiger partial charge on any atom is 0.355 e. The number of benzene rings is 9. The van der Waals surface area contributed by atoms with Crippen molar-refractivity contribution in [2.75, 3.05) is 23.9 Å². The van der Waals surface area contributed by atoms with Crippen LogP contribution in [0.15, 0.2) is 307 Å². The van der Waals surface area contributed by atoms with E-state index < -0.39 is 52.4 Å². The zero-order valence-electron chi connectivity index (χ0n) is 52.9. The number of oxime groups is 1. The average Bonchev–Trinajstić information content (AvgIpc) is 1.10. The van der Waals surface area contributed by atoms with E-state index in [1.54, 1.807) is 59.8 Å². The molecule has 2 atom stereocenters. The second kappa shape index (κ2) is 28.2. The minimum Gasteiger partial charge on any atom is -0.497 e. The third-order valence-electron chi connectivity index (χ3n) is 17.5. The number of nitrogens with two attached hydrogens (primary N) is 1. The number of amides is 2. The van der Waals surface area contributed by atoms with Crippen molar-refractivity contribution in [3.8, 4) is 5.75 Å². The number of nitrogens with zero attached hydrogens (tertiary/aromatic N) is 6. The zero-order chi connectivity index (χ0) is 67.0. The summed E-state index contributed by atoms with van der Waals surface area (Å²) in [6.07, 6.45) is 2.33. The Labute approximate surface area is 573 Å². The molecule has 12 aromatic rings. The number of ether oxygens (including phenoxy) is 3. The van der Waals surface area contributed by atoms with Gasteiger partial charge in [-0.1, -0.05) is 270 Å². The summed E-state index contributed by atoms with van der Waals surface area (Å²) >= 11 is 2.62. The van der Waals surface area contributed by atoms with Gasteiger partial charge in [-0.15, -0.1) is 23.1 Å². The lowest BCUT2D eigenvalue weighted by Crippen LogP contribution is -2.71. The second-order valence-corrected chi connectivity index (χ2v) is 25.3. The Morgan fingerprint density at radius 3 is 1.66 bits per heavy atom. The van der Waals surface area contributed by atoms with Gasteiger partial charge >= 0.3 is 17.6 Å². The van der Waals surface area contributed by atoms with Crippen LogP contribution in [0.5, 0.6) is 5.75 Å². The van der Waals surface area contributed by atoms with Gasteiger partial charge in [-0.25, -0.2) is 19.1 Å². The molecular formula is C79H64N9O8S2+. The third-order valence-corrected chi connectivity index (χ3v) is 19.6. The van der Waals surface area contributed by atoms with Crippen LogP contribution in [0.25, 0.3) is 5.65 Å². The van der Waals surface area contributed by atoms with Crippen LogP contribution in [0.2, 0.25) is 0 Å². The number of rotatable bonds is 23. The Morgan fingerprint density at radius 1 is 0.653 bits per heavy atom. The molecule has 17 nitrogen and oxygen atoms in total. The smallest absolute Gasteiger partial charge is 0.355 e. The van der Waals surface area contributed by atoms with E-state index in [1.807, 2.05) is 206 Å². The van der Waals surface area contributed by atoms with Crippen molar-refractivity contribution in [1.29, 1.82) is 0 Å². The van der Waals surface area contributed by atoms with Gasteiger partial charge in [-0.3, -0.25) is 14.5 Å². The predicted octanol–water partition coefficient (Wildman–Crippen LogP) is 12.8. The number of methoxy groups -OCH3 is 1. The first-order chi connectivity index (χ1) is 48.1. The fraction of sp³-hybridized carbons (Fsp3) is 0.114. The Kier molecular flexibility index (Phi) is 18.2. The Morgan fingerprint density at radius 2 is 1.15 bits per heavy atom. The summed E-state index contributed by atoms with van der Waals surface area (Å²) in [6.45, 7) is -0.185. The molecule has 2 aliphatic rings. The van der Waals surface area contributed by atoms with E-state index in [9.17, 15) is 4.79 Å². The molecule has 5 heterocycles. The van der Waals surface area contributed by atoms with Crippen molar-refractivity contribution in [3.63, 3.8) is 0 Å². The Hall–Kier alpha value is -11.9. The molecule has 2 amide bonds. The topological polar surface area (TPSA) is 205 Å². The van der Waals surface area contributed by atoms with E-state index >= 15 is 14.4 Å². The van der Waals surface area contributed by atoms with Crippen LogP contribution in [0.4, 0.5) is 10.9 Å². The van der Waals surface area contributed by atoms with E-state index in [4.69, 9.17) is 34.9 Å². The molecule has 3 aromatic heterocycles. The van der Waals surface area contributed by atoms with E-state index in [0.29, 0.717) is 27.7 Å². The molecule has 0 aliphatic carbocycles. The molecule has 19 heteroatoms. The van der Waals surface area contributed by atoms with Gasteiger partial charge in [0.25, 0.3) is 11.8 Å². The summed E-state index contributed by atoms with van der Waals surface area (Å²) in [5, 5.41) is 17.7. The molecule has 14 rings (SSSR count). The number of carbonyl (C=O) groups is 4. The third kappa shape index (κ3) is 12.4. The molecule has 0 radical (unpaired) electrons. The number of fused-ring (bicyclic) bond motifs is 2. The van der Waals surface area contributed by atoms with Crippen LogP contribution in [0.1, 0.15) is 72.2 Å². The number of nitrogen functional groups attached to an aromatic ring is 1. The van der Waals surface area contributed by atoms with E-state index in [-0.39, 0.29) is 47.4 Å². The first-order valence-electron chi connectivity index (χ1n) is 31.7. The Bertz CT molecular complexity index is 4650. The normalized spacial score (nSPS) is 14.7. The summed E-state index contributed by atoms with van der Waals surface area (Å²) in [5.41, 5.74) is 12.3. The highest BCUT2D eigenvalue weighted by atomic mass is 32.2. The SMILES string of the molecule is COc1ccc(COC(=O)C2=C(C[n+]3cc(C(=O)OC(c4ccccc4)c4ccccc4)c(N)n4nccc43)CS[C@H]3[C@H](NC(=O)C(=NOC(c4ccccc4)(c4ccccc4)c4ccccc4)c4csc(NC(c5ccccc5)(c5ccccc5)c5ccccc5)n4)C(=O)N23)cc1. The van der Waals surface area contributed by atoms with Crippen molar-refractivity contribution < 1.29 is 42.8 Å². The van der Waals surface area contributed by atoms with Gasteiger partial charge in [-0.2, -0.15) is 0 Å². The van der Waals surface area contributed by atoms with Crippen LogP contribution < -0.4 is 25.7 Å². The highest BCUT2D eigenvalue weighted by molar-refractivity contribution is 8.00. The average molecular weight is 1330 g/mol. The van der Waals surface area contributed by atoms with Gasteiger partial charge in [-0.05, 0) is 45.5 Å². The minimum atomic E-state index is -1.43. The first-order valence-corrected chi connectivity index (χ1v) is 33.6. The molecule has 0 unspecified atom stereocenters. The quantitative estimate of drug-likeness (QED) is 0.0136. The van der Waals surface area contributed by atoms with Gasteiger partial charge in [0.15, 0.2) is 22.5 Å². The molecular weight excluding hydrogens is 1270 g/mol. The van der Waals surface area contributed by atoms with Crippen LogP contribution in [0.3, 0.4) is 0 Å². The molecule has 1 fully saturated rings. The van der Waals surface area contributed by atoms with Crippen LogP contribution in [-0.2, 0) is 53.0 Å². The molecule has 1 saturated heterocycles. The maximum atomic E-state index is 15.8. The molecule has 9 aromatic carbocycles. The monoisotopic (exact) mass is 1330 g/mol. The van der Waals surface area contributed by atoms with Gasteiger partial charge in [0.1, 0.15) is 53.4 Å². The number of thioether (sulfide) groups is 1. The summed E-state index contributed by atoms with van der Waals surface area (Å²) in [5.74, 6) is -2.07. The lowest BCUT2D eigenvalue weighted by molar-refractivity contribution is -0.666. The summed E-state index contributed by atoms with van der Waals surface area (Å²) < 4.78 is 21.0. The first kappa shape index (κ1) is 63.5. The van der Waals surface area contributed by atoms with E-state index in [0.717, 1.165) is 44.5 Å². The van der Waals surface area contributed by atoms with Crippen LogP contribution >= 0.6 is 23.1 Å². The largest absolute Gasteiger partial charge is 0.497 e. The van der Waals surface area contributed by atoms with Crippen molar-refractivity contribution in [1.82, 2.24) is 24.8 Å². The molecule has 0 spiro atoms. The van der Waals surface area contributed by atoms with Gasteiger partial charge in [0, 0.05) is 33.4 Å². The number of nitrogens with one attached hydrogen (secondary N) is 2. The molecule has 4 N–H and O–H groups in total. The highest BCUT2D eigenvalue weighted by Crippen LogP contribution is 2.45. The number of anilines is 2. The number of hydrogen-bond acceptors (Lipinski definition) is 15. The van der Waals surface area contributed by atoms with Crippen molar-refractivity contribution in [3.05, 3.63) is 363 Å². The molecule has 484 valence electrons. The number of hydrogen-bond donors (Lipinski definition) is 3. The second-order valence-electron chi connectivity index (χ2n) is 23.3. The zero-order valence-corrected chi connectivity index (χ0v) is 54.5. The minimum absolute atomic E-state index is 0.00681. The van der Waals surface area contributed by atoms with Crippen molar-refractivity contribution >= 4 is 69.2 Å². The fourth-order valence-corrected chi connectivity index (χ4v) is 14.8. The van der Waals surface area contributed by atoms with E-state index in [1.165, 1.54) is 32.5 Å². The lowest BCUT2D eigenvalue weighted by Gasteiger charge is -2.49. The van der Waals surface area contributed by atoms with Crippen molar-refractivity contribution in [2.24, 2.45) is 5.16 Å². The number of aromatic nitrogens is 4. The molecule has 98 heavy (non-hydrogen) atoms. The van der Waals surface area contributed by atoms with Gasteiger partial charge < -0.3 is 35.4 Å². The lowest BCUT2D eigenvalue weighted by atomic mass is 9.77. The number of β-lactam (4-membered cyclic amide) rings is 1. The molecule has 0 saturated carbocycles. The van der Waals surface area contributed by atoms with Crippen LogP contribution in [-0.4, -0.2) is 73.2 Å². The standard InChI is InChI=1S/C79H63N9O8S2/c1-93-63-44-42-53(43-45-63)50-94-76(92)69-56(48-86-49-64(71(80)88-66(86)46-47-81-88)75(91)95-70(54-26-10-2-11-27-54)55-28-12-3-13-29-55)51-97-74-68(73(90)87(69)74)83-72(89)67(85-96-79(60-36-20-7-21-37-60,61-38-22-8-23-39-61)62-40-24-9-25-41-62)65-52-98-77(82-65)84-78(57-30-14-4-15-31-57,58-32-16-5-17-33-58)59-34-18-6-19-35-59/h2-47,49,52,68,70,74,80H,48,50-51H2,1H3,(H2,82,83,84,89)/p+1/t68-,74+/m1/s1. The Balaban J connectivity index is 0.836. The van der Waals surface area contributed by atoms with Crippen molar-refractivity contribution in [2.45, 2.75) is 41.8 Å². The number of thiazole rings is 1. The van der Waals surface area contributed by atoms with Gasteiger partial charge in [0.2, 0.25) is 11.4 Å². The predicted molar refractivity (Wildman–Crippen MR) is 377 cm³/mol. The summed E-state index contributed by atoms with van der Waals surface area (Å²) in [6, 6.07) is 85.7. The number of esters is 2. The maximum absolute atomic E-state index is 15.8.